The van der Waals surface area contributed by atoms with Gasteiger partial charge in [0, 0.05) is 23.5 Å². The maximum atomic E-state index is 13.1. The lowest BCUT2D eigenvalue weighted by molar-refractivity contribution is -0.121. The van der Waals surface area contributed by atoms with Gasteiger partial charge in [0.2, 0.25) is 0 Å². The van der Waals surface area contributed by atoms with E-state index < -0.39 is 10.0 Å². The van der Waals surface area contributed by atoms with Crippen LogP contribution in [0.1, 0.15) is 0 Å². The minimum Gasteiger partial charge on any atom is -0.337 e. The predicted octanol–water partition coefficient (Wildman–Crippen LogP) is 4.56. The zero-order valence-electron chi connectivity index (χ0n) is 15.8. The molecule has 0 N–H and O–H groups in total. The van der Waals surface area contributed by atoms with Gasteiger partial charge in [-0.15, -0.1) is 11.0 Å². The van der Waals surface area contributed by atoms with Gasteiger partial charge in [0.25, 0.3) is 15.9 Å². The number of thioether (sulfide) groups is 2. The Bertz CT molecular complexity index is 1210. The second-order valence-electron chi connectivity index (χ2n) is 6.37. The van der Waals surface area contributed by atoms with E-state index in [1.165, 1.54) is 47.0 Å². The highest BCUT2D eigenvalue weighted by Gasteiger charge is 2.39. The molecule has 0 aliphatic carbocycles. The monoisotopic (exact) mass is 477 g/mol. The maximum Gasteiger partial charge on any atom is 0.284 e. The number of anilines is 1. The number of benzene rings is 2. The zero-order chi connectivity index (χ0) is 21.5. The van der Waals surface area contributed by atoms with E-state index in [4.69, 9.17) is 11.6 Å². The number of sulfonamides is 1. The van der Waals surface area contributed by atoms with Crippen LogP contribution in [0.15, 0.2) is 85.3 Å². The molecular weight excluding hydrogens is 462 g/mol. The third kappa shape index (κ3) is 3.78. The topological polar surface area (TPSA) is 70.1 Å². The minimum atomic E-state index is -4.01. The summed E-state index contributed by atoms with van der Waals surface area (Å²) in [5.41, 5.74) is 0.993. The van der Waals surface area contributed by atoms with E-state index in [0.29, 0.717) is 9.93 Å². The summed E-state index contributed by atoms with van der Waals surface area (Å²) in [6.45, 7) is 3.83. The molecule has 2 heterocycles. The molecule has 2 aliphatic rings. The smallest absolute Gasteiger partial charge is 0.284 e. The summed E-state index contributed by atoms with van der Waals surface area (Å²) in [4.78, 5) is 17.9. The van der Waals surface area contributed by atoms with E-state index in [9.17, 15) is 13.2 Å². The predicted molar refractivity (Wildman–Crippen MR) is 123 cm³/mol. The Morgan fingerprint density at radius 2 is 1.83 bits per heavy atom. The first-order valence-corrected chi connectivity index (χ1v) is 12.2. The molecule has 2 aliphatic heterocycles. The molecule has 0 aromatic heterocycles. The quantitative estimate of drug-likeness (QED) is 0.475. The number of para-hydroxylation sites is 1. The molecule has 6 nitrogen and oxygen atoms in total. The van der Waals surface area contributed by atoms with Gasteiger partial charge in [0.15, 0.2) is 5.17 Å². The highest BCUT2D eigenvalue weighted by atomic mass is 35.5. The number of amides is 1. The normalized spacial score (nSPS) is 20.2. The highest BCUT2D eigenvalue weighted by Crippen LogP contribution is 2.49. The van der Waals surface area contributed by atoms with Gasteiger partial charge in [-0.1, -0.05) is 41.6 Å². The summed E-state index contributed by atoms with van der Waals surface area (Å²) in [5, 5.41) is 1.27. The summed E-state index contributed by atoms with van der Waals surface area (Å²) in [7, 11) is -2.13. The number of carbonyl (C=O) groups excluding carboxylic acids is 1. The van der Waals surface area contributed by atoms with Crippen LogP contribution in [0.25, 0.3) is 0 Å². The molecule has 0 spiro atoms. The lowest BCUT2D eigenvalue weighted by Crippen LogP contribution is -2.30. The van der Waals surface area contributed by atoms with Crippen molar-refractivity contribution in [3.8, 4) is 0 Å². The van der Waals surface area contributed by atoms with Crippen molar-refractivity contribution in [3.05, 3.63) is 76.1 Å². The molecule has 1 fully saturated rings. The van der Waals surface area contributed by atoms with Crippen LogP contribution in [0.5, 0.6) is 0 Å². The summed E-state index contributed by atoms with van der Waals surface area (Å²) in [5.74, 6) is -0.299. The van der Waals surface area contributed by atoms with Crippen molar-refractivity contribution >= 4 is 61.9 Å². The van der Waals surface area contributed by atoms with Crippen molar-refractivity contribution in [2.75, 3.05) is 18.5 Å². The van der Waals surface area contributed by atoms with Crippen LogP contribution in [0, 0.1) is 0 Å². The number of halogens is 1. The van der Waals surface area contributed by atoms with E-state index in [-0.39, 0.29) is 22.5 Å². The molecule has 0 unspecified atom stereocenters. The molecule has 2 aromatic carbocycles. The van der Waals surface area contributed by atoms with Crippen LogP contribution in [0.2, 0.25) is 5.02 Å². The number of carbonyl (C=O) groups is 1. The standard InChI is InChI=1S/C20H16ClN3O3S3/c1-3-12-24-18(25)17(19-23(2)15-6-4-5-7-16(15)28-19)29-20(24)22-30(26,27)14-10-8-13(21)9-11-14/h3-11H,1,12H2,2H3/b19-17+,22-20-. The Labute approximate surface area is 188 Å². The van der Waals surface area contributed by atoms with Crippen molar-refractivity contribution in [1.82, 2.24) is 4.90 Å². The molecule has 1 amide bonds. The summed E-state index contributed by atoms with van der Waals surface area (Å²) in [6.07, 6.45) is 1.54. The highest BCUT2D eigenvalue weighted by molar-refractivity contribution is 8.19. The second-order valence-corrected chi connectivity index (χ2v) is 10.4. The van der Waals surface area contributed by atoms with Crippen LogP contribution in [0.3, 0.4) is 0 Å². The van der Waals surface area contributed by atoms with Gasteiger partial charge in [0.1, 0.15) is 4.91 Å². The van der Waals surface area contributed by atoms with Gasteiger partial charge in [-0.05, 0) is 48.2 Å². The number of hydrogen-bond donors (Lipinski definition) is 0. The van der Waals surface area contributed by atoms with E-state index in [1.807, 2.05) is 36.2 Å². The molecule has 2 aromatic rings. The molecule has 0 bridgehead atoms. The lowest BCUT2D eigenvalue weighted by atomic mass is 10.3. The first kappa shape index (κ1) is 21.0. The Balaban J connectivity index is 1.75. The van der Waals surface area contributed by atoms with E-state index in [2.05, 4.69) is 11.0 Å². The molecule has 0 saturated carbocycles. The fourth-order valence-electron chi connectivity index (χ4n) is 2.96. The number of hydrogen-bond acceptors (Lipinski definition) is 6. The van der Waals surface area contributed by atoms with Crippen LogP contribution >= 0.6 is 35.1 Å². The minimum absolute atomic E-state index is 0.00636. The molecule has 0 atom stereocenters. The molecular formula is C20H16ClN3O3S3. The van der Waals surface area contributed by atoms with Crippen molar-refractivity contribution < 1.29 is 13.2 Å². The SMILES string of the molecule is C=CCN1C(=O)/C(=C2\Sc3ccccc3N2C)S/C1=N\S(=O)(=O)c1ccc(Cl)cc1. The van der Waals surface area contributed by atoms with Crippen molar-refractivity contribution in [1.29, 1.82) is 0 Å². The van der Waals surface area contributed by atoms with Crippen molar-refractivity contribution in [2.24, 2.45) is 4.40 Å². The third-order valence-electron chi connectivity index (χ3n) is 4.42. The van der Waals surface area contributed by atoms with Gasteiger partial charge >= 0.3 is 0 Å². The van der Waals surface area contributed by atoms with E-state index in [1.54, 1.807) is 0 Å². The van der Waals surface area contributed by atoms with Crippen LogP contribution in [0.4, 0.5) is 5.69 Å². The average Bonchev–Trinajstić information content (AvgIpc) is 3.20. The molecule has 10 heteroatoms. The maximum absolute atomic E-state index is 13.1. The third-order valence-corrected chi connectivity index (χ3v) is 8.50. The average molecular weight is 478 g/mol. The Hall–Kier alpha value is -2.20. The largest absolute Gasteiger partial charge is 0.337 e. The van der Waals surface area contributed by atoms with Crippen LogP contribution in [-0.4, -0.2) is 38.0 Å². The Kier molecular flexibility index (Phi) is 5.71. The Morgan fingerprint density at radius 1 is 1.13 bits per heavy atom. The summed E-state index contributed by atoms with van der Waals surface area (Å²) < 4.78 is 29.5. The number of amidine groups is 1. The molecule has 1 saturated heterocycles. The number of fused-ring (bicyclic) bond motifs is 1. The first-order chi connectivity index (χ1) is 14.3. The van der Waals surface area contributed by atoms with Gasteiger partial charge in [-0.25, -0.2) is 0 Å². The second kappa shape index (κ2) is 8.14. The molecule has 30 heavy (non-hydrogen) atoms. The van der Waals surface area contributed by atoms with Gasteiger partial charge in [0.05, 0.1) is 15.6 Å². The van der Waals surface area contributed by atoms with E-state index >= 15 is 0 Å². The fraction of sp³-hybridized carbons (Fsp3) is 0.100. The van der Waals surface area contributed by atoms with Gasteiger partial charge in [-0.2, -0.15) is 8.42 Å². The van der Waals surface area contributed by atoms with Gasteiger partial charge in [-0.3, -0.25) is 9.69 Å². The van der Waals surface area contributed by atoms with Gasteiger partial charge < -0.3 is 4.90 Å². The van der Waals surface area contributed by atoms with Crippen LogP contribution < -0.4 is 4.90 Å². The molecule has 0 radical (unpaired) electrons. The van der Waals surface area contributed by atoms with Crippen LogP contribution in [-0.2, 0) is 14.8 Å². The van der Waals surface area contributed by atoms with E-state index in [0.717, 1.165) is 27.4 Å². The van der Waals surface area contributed by atoms with Crippen molar-refractivity contribution in [2.45, 2.75) is 9.79 Å². The molecule has 4 rings (SSSR count). The zero-order valence-corrected chi connectivity index (χ0v) is 19.0. The summed E-state index contributed by atoms with van der Waals surface area (Å²) >= 11 is 8.38. The molecule has 154 valence electrons. The van der Waals surface area contributed by atoms with Crippen molar-refractivity contribution in [3.63, 3.8) is 0 Å². The Morgan fingerprint density at radius 3 is 2.50 bits per heavy atom. The fourth-order valence-corrected chi connectivity index (χ4v) is 6.62. The summed E-state index contributed by atoms with van der Waals surface area (Å²) in [6, 6.07) is 13.6. The lowest BCUT2D eigenvalue weighted by Gasteiger charge is -2.15. The number of nitrogens with zero attached hydrogens (tertiary/aromatic N) is 3. The first-order valence-electron chi connectivity index (χ1n) is 8.78. The number of rotatable bonds is 4.